The second-order valence-electron chi connectivity index (χ2n) is 5.99. The lowest BCUT2D eigenvalue weighted by Gasteiger charge is -2.23. The molecule has 0 spiro atoms. The van der Waals surface area contributed by atoms with Crippen molar-refractivity contribution >= 4 is 11.9 Å². The van der Waals surface area contributed by atoms with Gasteiger partial charge in [0, 0.05) is 13.6 Å². The van der Waals surface area contributed by atoms with Crippen molar-refractivity contribution in [1.29, 1.82) is 0 Å². The van der Waals surface area contributed by atoms with E-state index in [0.717, 1.165) is 5.56 Å². The number of phenolic OH excluding ortho intramolecular Hbond substituents is 1. The van der Waals surface area contributed by atoms with Crippen LogP contribution in [-0.2, 0) is 16.1 Å². The molecule has 1 aliphatic carbocycles. The third kappa shape index (κ3) is 3.54. The summed E-state index contributed by atoms with van der Waals surface area (Å²) in [4.78, 5) is 25.3. The van der Waals surface area contributed by atoms with Crippen LogP contribution in [0.25, 0.3) is 0 Å². The molecule has 0 radical (unpaired) electrons. The number of carbonyl (C=O) groups excluding carboxylic acids is 1. The fourth-order valence-electron chi connectivity index (χ4n) is 3.07. The summed E-state index contributed by atoms with van der Waals surface area (Å²) in [7, 11) is 1.69. The summed E-state index contributed by atoms with van der Waals surface area (Å²) in [6.07, 6.45) is 1.20. The van der Waals surface area contributed by atoms with Gasteiger partial charge in [0.2, 0.25) is 5.91 Å². The van der Waals surface area contributed by atoms with Gasteiger partial charge in [-0.3, -0.25) is 9.59 Å². The molecule has 114 valence electrons. The Bertz CT molecular complexity index is 526. The van der Waals surface area contributed by atoms with Crippen molar-refractivity contribution in [3.63, 3.8) is 0 Å². The molecule has 21 heavy (non-hydrogen) atoms. The molecule has 2 rings (SSSR count). The van der Waals surface area contributed by atoms with Crippen molar-refractivity contribution in [3.05, 3.63) is 29.8 Å². The Hall–Kier alpha value is -2.04. The topological polar surface area (TPSA) is 77.8 Å². The number of carboxylic acid groups (broad SMARTS) is 1. The standard InChI is InChI=1S/C16H21NO4/c1-10-7-13(14(8-10)16(20)21)15(19)17(2)9-11-3-5-12(18)6-4-11/h3-6,10,13-14,18H,7-9H2,1-2H3,(H,20,21)/t10?,13-,14+/m0/s1. The Morgan fingerprint density at radius 3 is 2.33 bits per heavy atom. The number of phenols is 1. The first-order valence-corrected chi connectivity index (χ1v) is 7.14. The van der Waals surface area contributed by atoms with Crippen LogP contribution in [0.1, 0.15) is 25.3 Å². The summed E-state index contributed by atoms with van der Waals surface area (Å²) in [6, 6.07) is 6.66. The van der Waals surface area contributed by atoms with Gasteiger partial charge in [-0.2, -0.15) is 0 Å². The van der Waals surface area contributed by atoms with Crippen LogP contribution in [0.2, 0.25) is 0 Å². The van der Waals surface area contributed by atoms with E-state index in [0.29, 0.717) is 19.4 Å². The third-order valence-electron chi connectivity index (χ3n) is 4.17. The maximum absolute atomic E-state index is 12.5. The number of hydrogen-bond donors (Lipinski definition) is 2. The lowest BCUT2D eigenvalue weighted by molar-refractivity contribution is -0.148. The molecule has 1 saturated carbocycles. The van der Waals surface area contributed by atoms with Gasteiger partial charge in [-0.25, -0.2) is 0 Å². The number of aromatic hydroxyl groups is 1. The average Bonchev–Trinajstić information content (AvgIpc) is 2.82. The Kier molecular flexibility index (Phi) is 4.50. The van der Waals surface area contributed by atoms with Crippen LogP contribution in [0.15, 0.2) is 24.3 Å². The minimum Gasteiger partial charge on any atom is -0.508 e. The highest BCUT2D eigenvalue weighted by Gasteiger charge is 2.42. The van der Waals surface area contributed by atoms with E-state index in [2.05, 4.69) is 0 Å². The van der Waals surface area contributed by atoms with Crippen molar-refractivity contribution in [3.8, 4) is 5.75 Å². The van der Waals surface area contributed by atoms with Gasteiger partial charge in [0.15, 0.2) is 0 Å². The smallest absolute Gasteiger partial charge is 0.307 e. The maximum Gasteiger partial charge on any atom is 0.307 e. The molecule has 2 N–H and O–H groups in total. The maximum atomic E-state index is 12.5. The molecule has 1 fully saturated rings. The van der Waals surface area contributed by atoms with Gasteiger partial charge >= 0.3 is 5.97 Å². The second kappa shape index (κ2) is 6.16. The quantitative estimate of drug-likeness (QED) is 0.890. The number of benzene rings is 1. The van der Waals surface area contributed by atoms with Gasteiger partial charge in [-0.1, -0.05) is 19.1 Å². The van der Waals surface area contributed by atoms with Gasteiger partial charge in [0.1, 0.15) is 5.75 Å². The van der Waals surface area contributed by atoms with E-state index in [1.54, 1.807) is 36.2 Å². The molecular weight excluding hydrogens is 270 g/mol. The summed E-state index contributed by atoms with van der Waals surface area (Å²) in [6.45, 7) is 2.40. The van der Waals surface area contributed by atoms with Gasteiger partial charge in [-0.15, -0.1) is 0 Å². The van der Waals surface area contributed by atoms with E-state index >= 15 is 0 Å². The highest BCUT2D eigenvalue weighted by Crippen LogP contribution is 2.37. The summed E-state index contributed by atoms with van der Waals surface area (Å²) in [5, 5.41) is 18.5. The largest absolute Gasteiger partial charge is 0.508 e. The molecule has 0 aliphatic heterocycles. The molecule has 0 heterocycles. The zero-order chi connectivity index (χ0) is 15.6. The molecule has 1 aliphatic rings. The molecule has 1 amide bonds. The minimum absolute atomic E-state index is 0.111. The fraction of sp³-hybridized carbons (Fsp3) is 0.500. The zero-order valence-corrected chi connectivity index (χ0v) is 12.3. The van der Waals surface area contributed by atoms with Crippen molar-refractivity contribution in [2.75, 3.05) is 7.05 Å². The average molecular weight is 291 g/mol. The minimum atomic E-state index is -0.879. The van der Waals surface area contributed by atoms with Crippen LogP contribution < -0.4 is 0 Å². The van der Waals surface area contributed by atoms with E-state index in [-0.39, 0.29) is 17.6 Å². The number of nitrogens with zero attached hydrogens (tertiary/aromatic N) is 1. The van der Waals surface area contributed by atoms with Crippen LogP contribution in [-0.4, -0.2) is 34.0 Å². The lowest BCUT2D eigenvalue weighted by Crippen LogP contribution is -2.36. The van der Waals surface area contributed by atoms with Crippen LogP contribution in [0.4, 0.5) is 0 Å². The molecule has 1 aromatic rings. The molecule has 5 nitrogen and oxygen atoms in total. The summed E-state index contributed by atoms with van der Waals surface area (Å²) in [5.41, 5.74) is 0.904. The zero-order valence-electron chi connectivity index (χ0n) is 12.3. The SMILES string of the molecule is CC1C[C@H](C(=O)N(C)Cc2ccc(O)cc2)[C@H](C(=O)O)C1. The van der Waals surface area contributed by atoms with E-state index in [9.17, 15) is 19.8 Å². The Labute approximate surface area is 124 Å². The number of amides is 1. The number of carbonyl (C=O) groups is 2. The first-order valence-electron chi connectivity index (χ1n) is 7.14. The van der Waals surface area contributed by atoms with Crippen molar-refractivity contribution in [2.45, 2.75) is 26.3 Å². The van der Waals surface area contributed by atoms with Gasteiger partial charge in [0.05, 0.1) is 11.8 Å². The Morgan fingerprint density at radius 2 is 1.76 bits per heavy atom. The molecule has 3 atom stereocenters. The van der Waals surface area contributed by atoms with Crippen molar-refractivity contribution < 1.29 is 19.8 Å². The number of aliphatic carboxylic acids is 1. The number of carboxylic acids is 1. The lowest BCUT2D eigenvalue weighted by atomic mass is 9.94. The number of hydrogen-bond acceptors (Lipinski definition) is 3. The van der Waals surface area contributed by atoms with E-state index in [1.807, 2.05) is 6.92 Å². The van der Waals surface area contributed by atoms with Crippen LogP contribution >= 0.6 is 0 Å². The van der Waals surface area contributed by atoms with Crippen LogP contribution in [0, 0.1) is 17.8 Å². The molecule has 0 bridgehead atoms. The van der Waals surface area contributed by atoms with Crippen molar-refractivity contribution in [1.82, 2.24) is 4.90 Å². The van der Waals surface area contributed by atoms with E-state index < -0.39 is 17.8 Å². The molecule has 0 aromatic heterocycles. The Balaban J connectivity index is 2.04. The molecule has 1 unspecified atom stereocenters. The summed E-state index contributed by atoms with van der Waals surface area (Å²) in [5.74, 6) is -1.55. The Morgan fingerprint density at radius 1 is 1.19 bits per heavy atom. The van der Waals surface area contributed by atoms with Crippen molar-refractivity contribution in [2.24, 2.45) is 17.8 Å². The predicted molar refractivity (Wildman–Crippen MR) is 77.6 cm³/mol. The van der Waals surface area contributed by atoms with Gasteiger partial charge in [0.25, 0.3) is 0 Å². The highest BCUT2D eigenvalue weighted by atomic mass is 16.4. The third-order valence-corrected chi connectivity index (χ3v) is 4.17. The predicted octanol–water partition coefficient (Wildman–Crippen LogP) is 2.10. The van der Waals surface area contributed by atoms with E-state index in [1.165, 1.54) is 0 Å². The summed E-state index contributed by atoms with van der Waals surface area (Å²) >= 11 is 0. The summed E-state index contributed by atoms with van der Waals surface area (Å²) < 4.78 is 0. The molecule has 1 aromatic carbocycles. The van der Waals surface area contributed by atoms with Crippen LogP contribution in [0.3, 0.4) is 0 Å². The second-order valence-corrected chi connectivity index (χ2v) is 5.99. The normalized spacial score (nSPS) is 24.8. The first kappa shape index (κ1) is 15.4. The first-order chi connectivity index (χ1) is 9.88. The number of rotatable bonds is 4. The van der Waals surface area contributed by atoms with Gasteiger partial charge < -0.3 is 15.1 Å². The van der Waals surface area contributed by atoms with Gasteiger partial charge in [-0.05, 0) is 36.5 Å². The van der Waals surface area contributed by atoms with Crippen LogP contribution in [0.5, 0.6) is 5.75 Å². The highest BCUT2D eigenvalue weighted by molar-refractivity contribution is 5.85. The van der Waals surface area contributed by atoms with E-state index in [4.69, 9.17) is 0 Å². The molecule has 0 saturated heterocycles. The monoisotopic (exact) mass is 291 g/mol. The molecular formula is C16H21NO4. The molecule has 5 heteroatoms. The fourth-order valence-corrected chi connectivity index (χ4v) is 3.07.